The van der Waals surface area contributed by atoms with Crippen LogP contribution in [0.15, 0.2) is 23.9 Å². The fraction of sp³-hybridized carbons (Fsp3) is 0.500. The van der Waals surface area contributed by atoms with Gasteiger partial charge in [0.25, 0.3) is 0 Å². The molecular formula is C12H19N3S. The standard InChI is InChI=1S/C12H19N3S/c1-5-6-13-8-11(4)16-12-14-9(2)7-10(3)15-12/h5,7,11,13H,1,6,8H2,2-4H3. The predicted molar refractivity (Wildman–Crippen MR) is 69.9 cm³/mol. The first-order valence-electron chi connectivity index (χ1n) is 5.42. The Morgan fingerprint density at radius 3 is 2.62 bits per heavy atom. The van der Waals surface area contributed by atoms with E-state index in [-0.39, 0.29) is 0 Å². The zero-order chi connectivity index (χ0) is 12.0. The van der Waals surface area contributed by atoms with Crippen molar-refractivity contribution >= 4 is 11.8 Å². The molecule has 0 radical (unpaired) electrons. The molecular weight excluding hydrogens is 218 g/mol. The molecule has 1 atom stereocenters. The van der Waals surface area contributed by atoms with E-state index in [2.05, 4.69) is 28.8 Å². The van der Waals surface area contributed by atoms with E-state index >= 15 is 0 Å². The highest BCUT2D eigenvalue weighted by Crippen LogP contribution is 2.19. The van der Waals surface area contributed by atoms with E-state index in [9.17, 15) is 0 Å². The third-order valence-corrected chi connectivity index (χ3v) is 2.95. The van der Waals surface area contributed by atoms with Crippen LogP contribution >= 0.6 is 11.8 Å². The molecule has 16 heavy (non-hydrogen) atoms. The van der Waals surface area contributed by atoms with Gasteiger partial charge in [0.15, 0.2) is 5.16 Å². The first kappa shape index (κ1) is 13.2. The van der Waals surface area contributed by atoms with Crippen LogP contribution in [0.1, 0.15) is 18.3 Å². The van der Waals surface area contributed by atoms with Crippen molar-refractivity contribution in [2.75, 3.05) is 13.1 Å². The summed E-state index contributed by atoms with van der Waals surface area (Å²) in [6, 6.07) is 1.99. The summed E-state index contributed by atoms with van der Waals surface area (Å²) in [5.41, 5.74) is 2.06. The monoisotopic (exact) mass is 237 g/mol. The second kappa shape index (κ2) is 6.66. The summed E-state index contributed by atoms with van der Waals surface area (Å²) < 4.78 is 0. The van der Waals surface area contributed by atoms with Crippen LogP contribution in [0.4, 0.5) is 0 Å². The maximum Gasteiger partial charge on any atom is 0.188 e. The summed E-state index contributed by atoms with van der Waals surface area (Å²) in [7, 11) is 0. The normalized spacial score (nSPS) is 12.4. The number of rotatable bonds is 6. The van der Waals surface area contributed by atoms with E-state index in [1.807, 2.05) is 26.0 Å². The van der Waals surface area contributed by atoms with Gasteiger partial charge >= 0.3 is 0 Å². The molecule has 0 saturated heterocycles. The third-order valence-electron chi connectivity index (χ3n) is 1.99. The second-order valence-electron chi connectivity index (χ2n) is 3.81. The van der Waals surface area contributed by atoms with Crippen LogP contribution in [0.25, 0.3) is 0 Å². The number of aromatic nitrogens is 2. The number of thioether (sulfide) groups is 1. The first-order valence-corrected chi connectivity index (χ1v) is 6.30. The van der Waals surface area contributed by atoms with Gasteiger partial charge in [-0.1, -0.05) is 24.8 Å². The van der Waals surface area contributed by atoms with Gasteiger partial charge in [-0.15, -0.1) is 6.58 Å². The number of nitrogens with zero attached hydrogens (tertiary/aromatic N) is 2. The lowest BCUT2D eigenvalue weighted by Gasteiger charge is -2.10. The Bertz CT molecular complexity index is 332. The highest BCUT2D eigenvalue weighted by Gasteiger charge is 2.07. The van der Waals surface area contributed by atoms with Gasteiger partial charge in [-0.3, -0.25) is 0 Å². The van der Waals surface area contributed by atoms with Crippen LogP contribution in [0.5, 0.6) is 0 Å². The molecule has 1 heterocycles. The Labute approximate surface area is 102 Å². The molecule has 1 aromatic rings. The van der Waals surface area contributed by atoms with Crippen LogP contribution in [0, 0.1) is 13.8 Å². The second-order valence-corrected chi connectivity index (χ2v) is 5.21. The lowest BCUT2D eigenvalue weighted by Crippen LogP contribution is -2.22. The summed E-state index contributed by atoms with van der Waals surface area (Å²) in [6.07, 6.45) is 1.87. The van der Waals surface area contributed by atoms with Crippen LogP contribution in [0.3, 0.4) is 0 Å². The molecule has 0 spiro atoms. The van der Waals surface area contributed by atoms with Gasteiger partial charge in [0, 0.05) is 29.7 Å². The van der Waals surface area contributed by atoms with Crippen molar-refractivity contribution in [1.29, 1.82) is 0 Å². The van der Waals surface area contributed by atoms with Gasteiger partial charge in [-0.2, -0.15) is 0 Å². The minimum absolute atomic E-state index is 0.459. The van der Waals surface area contributed by atoms with Crippen LogP contribution in [0.2, 0.25) is 0 Å². The third kappa shape index (κ3) is 4.77. The molecule has 0 aliphatic heterocycles. The number of hydrogen-bond acceptors (Lipinski definition) is 4. The summed E-state index contributed by atoms with van der Waals surface area (Å²) >= 11 is 1.70. The van der Waals surface area contributed by atoms with Crippen LogP contribution < -0.4 is 5.32 Å². The first-order chi connectivity index (χ1) is 7.61. The van der Waals surface area contributed by atoms with E-state index < -0.39 is 0 Å². The molecule has 88 valence electrons. The Hall–Kier alpha value is -0.870. The molecule has 4 heteroatoms. The van der Waals surface area contributed by atoms with E-state index in [0.717, 1.165) is 29.6 Å². The molecule has 0 aliphatic carbocycles. The van der Waals surface area contributed by atoms with Crippen LogP contribution in [-0.4, -0.2) is 28.3 Å². The number of hydrogen-bond donors (Lipinski definition) is 1. The Morgan fingerprint density at radius 2 is 2.06 bits per heavy atom. The Kier molecular flexibility index (Phi) is 5.49. The molecule has 3 nitrogen and oxygen atoms in total. The lowest BCUT2D eigenvalue weighted by atomic mass is 10.4. The van der Waals surface area contributed by atoms with Crippen molar-refractivity contribution in [3.05, 3.63) is 30.1 Å². The average Bonchev–Trinajstić information content (AvgIpc) is 2.16. The minimum Gasteiger partial charge on any atom is -0.312 e. The SMILES string of the molecule is C=CCNCC(C)Sc1nc(C)cc(C)n1. The minimum atomic E-state index is 0.459. The van der Waals surface area contributed by atoms with Crippen molar-refractivity contribution in [3.63, 3.8) is 0 Å². The van der Waals surface area contributed by atoms with Gasteiger partial charge in [0.1, 0.15) is 0 Å². The summed E-state index contributed by atoms with van der Waals surface area (Å²) in [5.74, 6) is 0. The van der Waals surface area contributed by atoms with Crippen molar-refractivity contribution < 1.29 is 0 Å². The van der Waals surface area contributed by atoms with E-state index in [1.54, 1.807) is 11.8 Å². The highest BCUT2D eigenvalue weighted by molar-refractivity contribution is 7.99. The molecule has 0 saturated carbocycles. The number of nitrogens with one attached hydrogen (secondary N) is 1. The van der Waals surface area contributed by atoms with Gasteiger partial charge in [0.2, 0.25) is 0 Å². The predicted octanol–water partition coefficient (Wildman–Crippen LogP) is 2.35. The molecule has 0 aromatic carbocycles. The Morgan fingerprint density at radius 1 is 1.44 bits per heavy atom. The smallest absolute Gasteiger partial charge is 0.188 e. The van der Waals surface area contributed by atoms with E-state index in [1.165, 1.54) is 0 Å². The van der Waals surface area contributed by atoms with Gasteiger partial charge < -0.3 is 5.32 Å². The molecule has 0 amide bonds. The van der Waals surface area contributed by atoms with Gasteiger partial charge in [-0.05, 0) is 19.9 Å². The summed E-state index contributed by atoms with van der Waals surface area (Å²) in [4.78, 5) is 8.81. The van der Waals surface area contributed by atoms with Gasteiger partial charge in [-0.25, -0.2) is 9.97 Å². The van der Waals surface area contributed by atoms with Crippen molar-refractivity contribution in [2.24, 2.45) is 0 Å². The van der Waals surface area contributed by atoms with Crippen LogP contribution in [-0.2, 0) is 0 Å². The maximum absolute atomic E-state index is 4.41. The number of aryl methyl sites for hydroxylation is 2. The van der Waals surface area contributed by atoms with Crippen molar-refractivity contribution in [3.8, 4) is 0 Å². The lowest BCUT2D eigenvalue weighted by molar-refractivity contribution is 0.737. The summed E-state index contributed by atoms with van der Waals surface area (Å²) in [5, 5.41) is 4.62. The summed E-state index contributed by atoms with van der Waals surface area (Å²) in [6.45, 7) is 11.6. The molecule has 1 rings (SSSR count). The van der Waals surface area contributed by atoms with E-state index in [4.69, 9.17) is 0 Å². The zero-order valence-corrected chi connectivity index (χ0v) is 11.0. The average molecular weight is 237 g/mol. The molecule has 0 fully saturated rings. The fourth-order valence-electron chi connectivity index (χ4n) is 1.36. The zero-order valence-electron chi connectivity index (χ0n) is 10.2. The quantitative estimate of drug-likeness (QED) is 0.357. The molecule has 1 N–H and O–H groups in total. The largest absolute Gasteiger partial charge is 0.312 e. The topological polar surface area (TPSA) is 37.8 Å². The van der Waals surface area contributed by atoms with Gasteiger partial charge in [0.05, 0.1) is 0 Å². The fourth-order valence-corrected chi connectivity index (χ4v) is 2.31. The molecule has 1 aromatic heterocycles. The van der Waals surface area contributed by atoms with Crippen molar-refractivity contribution in [1.82, 2.24) is 15.3 Å². The molecule has 0 aliphatic rings. The molecule has 0 bridgehead atoms. The maximum atomic E-state index is 4.41. The highest BCUT2D eigenvalue weighted by atomic mass is 32.2. The molecule has 1 unspecified atom stereocenters. The van der Waals surface area contributed by atoms with E-state index in [0.29, 0.717) is 5.25 Å². The van der Waals surface area contributed by atoms with Crippen molar-refractivity contribution in [2.45, 2.75) is 31.2 Å². The Balaban J connectivity index is 2.48.